The molecule has 28 heavy (non-hydrogen) atoms. The average molecular weight is 393 g/mol. The van der Waals surface area contributed by atoms with E-state index in [1.165, 1.54) is 11.0 Å². The number of benzene rings is 2. The van der Waals surface area contributed by atoms with Crippen molar-refractivity contribution in [1.29, 1.82) is 0 Å². The molecule has 1 fully saturated rings. The molecule has 9 heteroatoms. The Labute approximate surface area is 159 Å². The number of hydrogen-bond donors (Lipinski definition) is 2. The molecule has 148 valence electrons. The van der Waals surface area contributed by atoms with Crippen LogP contribution in [0.25, 0.3) is 11.1 Å². The average Bonchev–Trinajstić information content (AvgIpc) is 3.06. The van der Waals surface area contributed by atoms with Crippen LogP contribution in [0, 0.1) is 5.82 Å². The Bertz CT molecular complexity index is 874. The Morgan fingerprint density at radius 1 is 1.25 bits per heavy atom. The molecule has 0 aromatic heterocycles. The third-order valence-corrected chi connectivity index (χ3v) is 4.34. The topological polar surface area (TPSA) is 84.7 Å². The van der Waals surface area contributed by atoms with Gasteiger partial charge < -0.3 is 15.8 Å². The fraction of sp³-hybridized carbons (Fsp3) is 0.263. The van der Waals surface area contributed by atoms with Gasteiger partial charge in [0.05, 0.1) is 18.8 Å². The van der Waals surface area contributed by atoms with Gasteiger partial charge in [0.15, 0.2) is 0 Å². The van der Waals surface area contributed by atoms with Gasteiger partial charge in [-0.05, 0) is 29.3 Å². The van der Waals surface area contributed by atoms with Gasteiger partial charge in [0, 0.05) is 12.1 Å². The molecule has 0 spiro atoms. The molecule has 1 aliphatic rings. The van der Waals surface area contributed by atoms with E-state index in [-0.39, 0.29) is 18.8 Å². The molecule has 1 atom stereocenters. The van der Waals surface area contributed by atoms with E-state index >= 15 is 0 Å². The number of nitrogens with zero attached hydrogens (tertiary/aromatic N) is 1. The lowest BCUT2D eigenvalue weighted by molar-refractivity contribution is -0.132. The monoisotopic (exact) mass is 393 g/mol. The van der Waals surface area contributed by atoms with Crippen LogP contribution in [0.5, 0.6) is 0 Å². The van der Waals surface area contributed by atoms with Crippen LogP contribution < -0.4 is 16.0 Å². The first kappa shape index (κ1) is 19.7. The van der Waals surface area contributed by atoms with Gasteiger partial charge in [0.2, 0.25) is 0 Å². The summed E-state index contributed by atoms with van der Waals surface area (Å²) in [5.74, 6) is -1.97. The van der Waals surface area contributed by atoms with Crippen molar-refractivity contribution < 1.29 is 27.5 Å². The van der Waals surface area contributed by atoms with Gasteiger partial charge in [-0.2, -0.15) is 8.78 Å². The maximum Gasteiger partial charge on any atom is 0.414 e. The first-order valence-electron chi connectivity index (χ1n) is 8.52. The highest BCUT2D eigenvalue weighted by Crippen LogP contribution is 2.29. The highest BCUT2D eigenvalue weighted by Gasteiger charge is 2.33. The Kier molecular flexibility index (Phi) is 5.84. The summed E-state index contributed by atoms with van der Waals surface area (Å²) in [5, 5.41) is 1.99. The number of alkyl halides is 2. The van der Waals surface area contributed by atoms with Crippen molar-refractivity contribution in [3.05, 3.63) is 53.8 Å². The van der Waals surface area contributed by atoms with Gasteiger partial charge in [-0.15, -0.1) is 0 Å². The van der Waals surface area contributed by atoms with Crippen LogP contribution in [0.2, 0.25) is 0 Å². The zero-order valence-corrected chi connectivity index (χ0v) is 14.7. The number of halogens is 3. The predicted octanol–water partition coefficient (Wildman–Crippen LogP) is 2.66. The van der Waals surface area contributed by atoms with Crippen LogP contribution in [-0.2, 0) is 16.1 Å². The van der Waals surface area contributed by atoms with Gasteiger partial charge in [-0.25, -0.2) is 9.18 Å². The van der Waals surface area contributed by atoms with Crippen molar-refractivity contribution in [3.8, 4) is 11.1 Å². The molecule has 1 saturated heterocycles. The van der Waals surface area contributed by atoms with Crippen LogP contribution in [0.4, 0.5) is 23.7 Å². The highest BCUT2D eigenvalue weighted by atomic mass is 19.3. The van der Waals surface area contributed by atoms with Crippen LogP contribution in [-0.4, -0.2) is 37.6 Å². The van der Waals surface area contributed by atoms with Crippen molar-refractivity contribution in [2.45, 2.75) is 19.1 Å². The van der Waals surface area contributed by atoms with Crippen molar-refractivity contribution in [2.75, 3.05) is 18.0 Å². The number of cyclic esters (lactones) is 1. The van der Waals surface area contributed by atoms with Crippen LogP contribution >= 0.6 is 0 Å². The summed E-state index contributed by atoms with van der Waals surface area (Å²) >= 11 is 0. The van der Waals surface area contributed by atoms with Crippen molar-refractivity contribution in [2.24, 2.45) is 5.73 Å². The molecule has 0 aliphatic carbocycles. The van der Waals surface area contributed by atoms with Crippen molar-refractivity contribution in [1.82, 2.24) is 5.32 Å². The number of amides is 2. The second kappa shape index (κ2) is 8.30. The van der Waals surface area contributed by atoms with E-state index in [9.17, 15) is 22.8 Å². The highest BCUT2D eigenvalue weighted by molar-refractivity contribution is 5.90. The Balaban J connectivity index is 1.71. The number of nitrogens with one attached hydrogen (secondary N) is 1. The Morgan fingerprint density at radius 3 is 2.57 bits per heavy atom. The zero-order valence-electron chi connectivity index (χ0n) is 14.7. The quantitative estimate of drug-likeness (QED) is 0.790. The van der Waals surface area contributed by atoms with Gasteiger partial charge in [-0.3, -0.25) is 9.69 Å². The SMILES string of the molecule is NCc1ccc(-c2ccc(N3CC(CNC(=O)C(F)F)OC3=O)cc2F)cc1. The first-order valence-corrected chi connectivity index (χ1v) is 8.52. The lowest BCUT2D eigenvalue weighted by Crippen LogP contribution is -2.37. The summed E-state index contributed by atoms with van der Waals surface area (Å²) in [4.78, 5) is 24.1. The van der Waals surface area contributed by atoms with E-state index in [0.717, 1.165) is 5.56 Å². The summed E-state index contributed by atoms with van der Waals surface area (Å²) in [5.41, 5.74) is 7.77. The molecule has 2 aromatic rings. The van der Waals surface area contributed by atoms with E-state index in [2.05, 4.69) is 0 Å². The number of carbonyl (C=O) groups is 2. The summed E-state index contributed by atoms with van der Waals surface area (Å²) in [7, 11) is 0. The minimum absolute atomic E-state index is 0.00628. The molecule has 2 aromatic carbocycles. The smallest absolute Gasteiger partial charge is 0.414 e. The number of anilines is 1. The fourth-order valence-corrected chi connectivity index (χ4v) is 2.86. The fourth-order valence-electron chi connectivity index (χ4n) is 2.86. The van der Waals surface area contributed by atoms with Gasteiger partial charge in [-0.1, -0.05) is 24.3 Å². The van der Waals surface area contributed by atoms with Gasteiger partial charge >= 0.3 is 12.5 Å². The maximum absolute atomic E-state index is 14.6. The minimum Gasteiger partial charge on any atom is -0.442 e. The predicted molar refractivity (Wildman–Crippen MR) is 96.4 cm³/mol. The van der Waals surface area contributed by atoms with E-state index in [1.807, 2.05) is 5.32 Å². The Hall–Kier alpha value is -3.07. The lowest BCUT2D eigenvalue weighted by atomic mass is 10.0. The second-order valence-corrected chi connectivity index (χ2v) is 6.23. The van der Waals surface area contributed by atoms with Gasteiger partial charge in [0.25, 0.3) is 5.91 Å². The number of ether oxygens (including phenoxy) is 1. The summed E-state index contributed by atoms with van der Waals surface area (Å²) in [6.45, 7) is 0.142. The number of carbonyl (C=O) groups excluding carboxylic acids is 2. The van der Waals surface area contributed by atoms with Crippen molar-refractivity contribution >= 4 is 17.7 Å². The van der Waals surface area contributed by atoms with Crippen molar-refractivity contribution in [3.63, 3.8) is 0 Å². The number of rotatable bonds is 6. The molecule has 0 radical (unpaired) electrons. The number of hydrogen-bond acceptors (Lipinski definition) is 4. The third-order valence-electron chi connectivity index (χ3n) is 4.34. The molecule has 3 N–H and O–H groups in total. The Morgan fingerprint density at radius 2 is 1.96 bits per heavy atom. The first-order chi connectivity index (χ1) is 13.4. The normalized spacial score (nSPS) is 16.4. The summed E-state index contributed by atoms with van der Waals surface area (Å²) < 4.78 is 44.0. The molecule has 3 rings (SSSR count). The van der Waals surface area contributed by atoms with E-state index in [0.29, 0.717) is 17.7 Å². The van der Waals surface area contributed by atoms with E-state index in [1.54, 1.807) is 36.4 Å². The van der Waals surface area contributed by atoms with Gasteiger partial charge in [0.1, 0.15) is 11.9 Å². The second-order valence-electron chi connectivity index (χ2n) is 6.23. The molecule has 0 saturated carbocycles. The minimum atomic E-state index is -3.14. The molecule has 2 amide bonds. The van der Waals surface area contributed by atoms with Crippen LogP contribution in [0.1, 0.15) is 5.56 Å². The summed E-state index contributed by atoms with van der Waals surface area (Å²) in [6.07, 6.45) is -4.69. The van der Waals surface area contributed by atoms with Crippen LogP contribution in [0.15, 0.2) is 42.5 Å². The molecule has 1 unspecified atom stereocenters. The maximum atomic E-state index is 14.6. The number of nitrogens with two attached hydrogens (primary N) is 1. The molecular weight excluding hydrogens is 375 g/mol. The summed E-state index contributed by atoms with van der Waals surface area (Å²) in [6, 6.07) is 11.4. The largest absolute Gasteiger partial charge is 0.442 e. The molecular formula is C19H18F3N3O3. The molecule has 1 heterocycles. The molecule has 0 bridgehead atoms. The zero-order chi connectivity index (χ0) is 20.3. The van der Waals surface area contributed by atoms with E-state index < -0.39 is 30.3 Å². The molecule has 6 nitrogen and oxygen atoms in total. The third kappa shape index (κ3) is 4.25. The lowest BCUT2D eigenvalue weighted by Gasteiger charge is -2.15. The van der Waals surface area contributed by atoms with E-state index in [4.69, 9.17) is 10.5 Å². The standard InChI is InChI=1S/C19H18F3N3O3/c20-16-7-13(5-6-15(16)12-3-1-11(8-23)2-4-12)25-10-14(28-19(25)27)9-24-18(26)17(21)22/h1-7,14,17H,8-10,23H2,(H,24,26). The molecule has 1 aliphatic heterocycles. The van der Waals surface area contributed by atoms with Crippen LogP contribution in [0.3, 0.4) is 0 Å².